The number of hydrogen-bond acceptors (Lipinski definition) is 4. The van der Waals surface area contributed by atoms with Gasteiger partial charge in [0.1, 0.15) is 0 Å². The normalized spacial score (nSPS) is 18.0. The SMILES string of the molecule is CC(C)(C)NS(=O)(=O)N1CCN(c2ccccc2N)CC1. The zero-order chi connectivity index (χ0) is 15.7. The van der Waals surface area contributed by atoms with E-state index in [-0.39, 0.29) is 0 Å². The smallest absolute Gasteiger partial charge is 0.280 e. The zero-order valence-corrected chi connectivity index (χ0v) is 13.7. The number of hydrogen-bond donors (Lipinski definition) is 2. The molecule has 3 N–H and O–H groups in total. The van der Waals surface area contributed by atoms with Crippen molar-refractivity contribution >= 4 is 21.6 Å². The van der Waals surface area contributed by atoms with Gasteiger partial charge in [-0.1, -0.05) is 12.1 Å². The molecule has 1 fully saturated rings. The average molecular weight is 312 g/mol. The van der Waals surface area contributed by atoms with E-state index in [0.29, 0.717) is 26.2 Å². The Bertz CT molecular complexity index is 587. The number of piperazine rings is 1. The van der Waals surface area contributed by atoms with Gasteiger partial charge in [-0.2, -0.15) is 17.4 Å². The van der Waals surface area contributed by atoms with Crippen molar-refractivity contribution in [2.45, 2.75) is 26.3 Å². The van der Waals surface area contributed by atoms with Gasteiger partial charge in [0.05, 0.1) is 11.4 Å². The summed E-state index contributed by atoms with van der Waals surface area (Å²) in [5.74, 6) is 0. The van der Waals surface area contributed by atoms with Crippen LogP contribution in [-0.4, -0.2) is 44.4 Å². The highest BCUT2D eigenvalue weighted by Crippen LogP contribution is 2.24. The van der Waals surface area contributed by atoms with Crippen molar-refractivity contribution in [2.75, 3.05) is 36.8 Å². The Morgan fingerprint density at radius 2 is 1.67 bits per heavy atom. The van der Waals surface area contributed by atoms with E-state index in [1.54, 1.807) is 0 Å². The van der Waals surface area contributed by atoms with E-state index in [1.807, 2.05) is 45.0 Å². The van der Waals surface area contributed by atoms with Crippen LogP contribution in [-0.2, 0) is 10.2 Å². The Morgan fingerprint density at radius 3 is 2.19 bits per heavy atom. The minimum atomic E-state index is -3.43. The number of benzene rings is 1. The van der Waals surface area contributed by atoms with Crippen molar-refractivity contribution in [3.05, 3.63) is 24.3 Å². The fourth-order valence-corrected chi connectivity index (χ4v) is 3.94. The molecule has 2 rings (SSSR count). The molecular weight excluding hydrogens is 288 g/mol. The van der Waals surface area contributed by atoms with E-state index in [9.17, 15) is 8.42 Å². The summed E-state index contributed by atoms with van der Waals surface area (Å²) in [5, 5.41) is 0. The number of nitrogens with one attached hydrogen (secondary N) is 1. The lowest BCUT2D eigenvalue weighted by Gasteiger charge is -2.37. The molecule has 0 spiro atoms. The second kappa shape index (κ2) is 5.82. The summed E-state index contributed by atoms with van der Waals surface area (Å²) in [5.41, 5.74) is 7.19. The molecule has 0 aliphatic carbocycles. The molecule has 118 valence electrons. The van der Waals surface area contributed by atoms with E-state index < -0.39 is 15.7 Å². The van der Waals surface area contributed by atoms with Crippen molar-refractivity contribution < 1.29 is 8.42 Å². The molecule has 1 heterocycles. The Balaban J connectivity index is 2.02. The molecule has 1 saturated heterocycles. The highest BCUT2D eigenvalue weighted by atomic mass is 32.2. The number of nitrogen functional groups attached to an aromatic ring is 1. The van der Waals surface area contributed by atoms with Crippen LogP contribution in [0.1, 0.15) is 20.8 Å². The van der Waals surface area contributed by atoms with E-state index in [4.69, 9.17) is 5.73 Å². The summed E-state index contributed by atoms with van der Waals surface area (Å²) in [7, 11) is -3.43. The van der Waals surface area contributed by atoms with Crippen molar-refractivity contribution in [3.8, 4) is 0 Å². The first-order valence-electron chi connectivity index (χ1n) is 7.07. The molecule has 1 aliphatic rings. The molecule has 0 amide bonds. The van der Waals surface area contributed by atoms with Crippen LogP contribution < -0.4 is 15.4 Å². The van der Waals surface area contributed by atoms with Gasteiger partial charge in [0.2, 0.25) is 0 Å². The van der Waals surface area contributed by atoms with Crippen LogP contribution in [0.4, 0.5) is 11.4 Å². The van der Waals surface area contributed by atoms with Gasteiger partial charge in [-0.25, -0.2) is 0 Å². The molecule has 0 atom stereocenters. The van der Waals surface area contributed by atoms with E-state index in [2.05, 4.69) is 9.62 Å². The lowest BCUT2D eigenvalue weighted by atomic mass is 10.1. The molecule has 0 unspecified atom stereocenters. The molecule has 0 radical (unpaired) electrons. The van der Waals surface area contributed by atoms with E-state index in [1.165, 1.54) is 4.31 Å². The lowest BCUT2D eigenvalue weighted by molar-refractivity contribution is 0.365. The van der Waals surface area contributed by atoms with Crippen LogP contribution >= 0.6 is 0 Å². The van der Waals surface area contributed by atoms with Gasteiger partial charge in [0.25, 0.3) is 10.2 Å². The molecule has 1 aromatic rings. The van der Waals surface area contributed by atoms with Gasteiger partial charge < -0.3 is 10.6 Å². The summed E-state index contributed by atoms with van der Waals surface area (Å²) < 4.78 is 28.7. The van der Waals surface area contributed by atoms with Gasteiger partial charge in [-0.3, -0.25) is 0 Å². The molecule has 0 aromatic heterocycles. The monoisotopic (exact) mass is 312 g/mol. The molecule has 6 nitrogen and oxygen atoms in total. The highest BCUT2D eigenvalue weighted by Gasteiger charge is 2.30. The zero-order valence-electron chi connectivity index (χ0n) is 12.8. The predicted molar refractivity (Wildman–Crippen MR) is 86.4 cm³/mol. The van der Waals surface area contributed by atoms with Crippen LogP contribution in [0, 0.1) is 0 Å². The quantitative estimate of drug-likeness (QED) is 0.817. The van der Waals surface area contributed by atoms with Crippen molar-refractivity contribution in [3.63, 3.8) is 0 Å². The second-order valence-corrected chi connectivity index (χ2v) is 7.97. The maximum absolute atomic E-state index is 12.3. The summed E-state index contributed by atoms with van der Waals surface area (Å²) in [6.07, 6.45) is 0. The predicted octanol–water partition coefficient (Wildman–Crippen LogP) is 1.02. The largest absolute Gasteiger partial charge is 0.397 e. The minimum Gasteiger partial charge on any atom is -0.397 e. The van der Waals surface area contributed by atoms with Gasteiger partial charge in [0.15, 0.2) is 0 Å². The standard InChI is InChI=1S/C14H24N4O2S/c1-14(2,3)16-21(19,20)18-10-8-17(9-11-18)13-7-5-4-6-12(13)15/h4-7,16H,8-11,15H2,1-3H3. The lowest BCUT2D eigenvalue weighted by Crippen LogP contribution is -2.55. The molecule has 21 heavy (non-hydrogen) atoms. The topological polar surface area (TPSA) is 78.7 Å². The molecule has 1 aliphatic heterocycles. The summed E-state index contributed by atoms with van der Waals surface area (Å²) in [6, 6.07) is 7.66. The summed E-state index contributed by atoms with van der Waals surface area (Å²) in [4.78, 5) is 2.12. The molecule has 0 bridgehead atoms. The first kappa shape index (κ1) is 16.1. The van der Waals surface area contributed by atoms with E-state index >= 15 is 0 Å². The summed E-state index contributed by atoms with van der Waals surface area (Å²) >= 11 is 0. The maximum atomic E-state index is 12.3. The van der Waals surface area contributed by atoms with Gasteiger partial charge in [0, 0.05) is 31.7 Å². The van der Waals surface area contributed by atoms with Crippen LogP contribution in [0.2, 0.25) is 0 Å². The van der Waals surface area contributed by atoms with Crippen LogP contribution in [0.3, 0.4) is 0 Å². The van der Waals surface area contributed by atoms with Crippen LogP contribution in [0.5, 0.6) is 0 Å². The first-order chi connectivity index (χ1) is 9.69. The Hall–Kier alpha value is -1.31. The third-order valence-electron chi connectivity index (χ3n) is 3.29. The number of rotatable bonds is 3. The first-order valence-corrected chi connectivity index (χ1v) is 8.51. The van der Waals surface area contributed by atoms with E-state index in [0.717, 1.165) is 11.4 Å². The Labute approximate surface area is 127 Å². The molecule has 0 saturated carbocycles. The molecule has 1 aromatic carbocycles. The fraction of sp³-hybridized carbons (Fsp3) is 0.571. The molecular formula is C14H24N4O2S. The number of nitrogens with zero attached hydrogens (tertiary/aromatic N) is 2. The minimum absolute atomic E-state index is 0.458. The third-order valence-corrected chi connectivity index (χ3v) is 5.21. The van der Waals surface area contributed by atoms with Gasteiger partial charge >= 0.3 is 0 Å². The molecule has 7 heteroatoms. The van der Waals surface area contributed by atoms with Gasteiger partial charge in [-0.15, -0.1) is 0 Å². The Morgan fingerprint density at radius 1 is 1.10 bits per heavy atom. The van der Waals surface area contributed by atoms with Crippen molar-refractivity contribution in [2.24, 2.45) is 0 Å². The highest BCUT2D eigenvalue weighted by molar-refractivity contribution is 7.87. The average Bonchev–Trinajstić information content (AvgIpc) is 2.37. The van der Waals surface area contributed by atoms with Crippen molar-refractivity contribution in [1.29, 1.82) is 0 Å². The second-order valence-electron chi connectivity index (χ2n) is 6.30. The Kier molecular flexibility index (Phi) is 4.46. The third kappa shape index (κ3) is 4.09. The van der Waals surface area contributed by atoms with Crippen LogP contribution in [0.25, 0.3) is 0 Å². The number of para-hydroxylation sites is 2. The number of anilines is 2. The summed E-state index contributed by atoms with van der Waals surface area (Å²) in [6.45, 7) is 7.71. The van der Waals surface area contributed by atoms with Crippen LogP contribution in [0.15, 0.2) is 24.3 Å². The maximum Gasteiger partial charge on any atom is 0.280 e. The fourth-order valence-electron chi connectivity index (χ4n) is 2.40. The number of nitrogens with two attached hydrogens (primary N) is 1. The van der Waals surface area contributed by atoms with Gasteiger partial charge in [-0.05, 0) is 32.9 Å². The van der Waals surface area contributed by atoms with Crippen molar-refractivity contribution in [1.82, 2.24) is 9.03 Å².